The van der Waals surface area contributed by atoms with E-state index < -0.39 is 0 Å². The molecule has 2 nitrogen and oxygen atoms in total. The highest BCUT2D eigenvalue weighted by Crippen LogP contribution is 2.32. The van der Waals surface area contributed by atoms with E-state index in [4.69, 9.17) is 11.5 Å². The van der Waals surface area contributed by atoms with E-state index in [0.717, 1.165) is 29.8 Å². The third kappa shape index (κ3) is 1.94. The van der Waals surface area contributed by atoms with Crippen LogP contribution in [-0.4, -0.2) is 0 Å². The maximum Gasteiger partial charge on any atom is 0.0370 e. The zero-order chi connectivity index (χ0) is 9.84. The first-order valence-corrected chi connectivity index (χ1v) is 4.84. The lowest BCUT2D eigenvalue weighted by Crippen LogP contribution is -2.05. The van der Waals surface area contributed by atoms with Crippen molar-refractivity contribution in [2.75, 3.05) is 11.5 Å². The summed E-state index contributed by atoms with van der Waals surface area (Å²) in [5.74, 6) is 0.501. The maximum absolute atomic E-state index is 5.89. The molecule has 0 fully saturated rings. The molecule has 2 heteroatoms. The number of anilines is 2. The quantitative estimate of drug-likeness (QED) is 0.699. The SMILES string of the molecule is CCC(CC)c1c(N)cccc1N. The van der Waals surface area contributed by atoms with Gasteiger partial charge in [-0.15, -0.1) is 0 Å². The molecule has 0 saturated heterocycles. The fraction of sp³-hybridized carbons (Fsp3) is 0.455. The summed E-state index contributed by atoms with van der Waals surface area (Å²) in [5, 5.41) is 0. The molecule has 0 amide bonds. The van der Waals surface area contributed by atoms with E-state index in [1.54, 1.807) is 0 Å². The van der Waals surface area contributed by atoms with Gasteiger partial charge in [0.15, 0.2) is 0 Å². The fourth-order valence-corrected chi connectivity index (χ4v) is 1.77. The summed E-state index contributed by atoms with van der Waals surface area (Å²) in [7, 11) is 0. The van der Waals surface area contributed by atoms with Gasteiger partial charge in [-0.05, 0) is 30.9 Å². The molecule has 0 atom stereocenters. The molecule has 1 rings (SSSR count). The van der Waals surface area contributed by atoms with Crippen molar-refractivity contribution in [3.8, 4) is 0 Å². The van der Waals surface area contributed by atoms with Crippen LogP contribution in [0.5, 0.6) is 0 Å². The molecule has 1 aromatic carbocycles. The van der Waals surface area contributed by atoms with Crippen molar-refractivity contribution < 1.29 is 0 Å². The van der Waals surface area contributed by atoms with Gasteiger partial charge in [-0.3, -0.25) is 0 Å². The van der Waals surface area contributed by atoms with Crippen LogP contribution in [0, 0.1) is 0 Å². The van der Waals surface area contributed by atoms with Gasteiger partial charge in [-0.25, -0.2) is 0 Å². The molecule has 0 saturated carbocycles. The second-order valence-corrected chi connectivity index (χ2v) is 3.36. The average Bonchev–Trinajstić information content (AvgIpc) is 2.11. The van der Waals surface area contributed by atoms with Crippen molar-refractivity contribution in [2.24, 2.45) is 0 Å². The monoisotopic (exact) mass is 178 g/mol. The minimum atomic E-state index is 0.501. The number of hydrogen-bond acceptors (Lipinski definition) is 2. The Hall–Kier alpha value is -1.18. The lowest BCUT2D eigenvalue weighted by Gasteiger charge is -2.17. The molecule has 0 aliphatic rings. The molecule has 0 spiro atoms. The standard InChI is InChI=1S/C11H18N2/c1-3-8(4-2)11-9(12)6-5-7-10(11)13/h5-8H,3-4,12-13H2,1-2H3. The van der Waals surface area contributed by atoms with E-state index in [-0.39, 0.29) is 0 Å². The predicted octanol–water partition coefficient (Wildman–Crippen LogP) is 2.75. The van der Waals surface area contributed by atoms with Crippen LogP contribution in [0.3, 0.4) is 0 Å². The maximum atomic E-state index is 5.89. The number of nitrogens with two attached hydrogens (primary N) is 2. The van der Waals surface area contributed by atoms with Gasteiger partial charge in [-0.2, -0.15) is 0 Å². The molecule has 0 unspecified atom stereocenters. The molecule has 0 heterocycles. The Balaban J connectivity index is 3.10. The lowest BCUT2D eigenvalue weighted by molar-refractivity contribution is 0.645. The summed E-state index contributed by atoms with van der Waals surface area (Å²) >= 11 is 0. The Morgan fingerprint density at radius 2 is 1.54 bits per heavy atom. The molecular formula is C11H18N2. The first-order valence-electron chi connectivity index (χ1n) is 4.84. The molecule has 0 aromatic heterocycles. The highest BCUT2D eigenvalue weighted by Gasteiger charge is 2.12. The van der Waals surface area contributed by atoms with Gasteiger partial charge in [0.05, 0.1) is 0 Å². The lowest BCUT2D eigenvalue weighted by atomic mass is 9.91. The Bertz CT molecular complexity index is 257. The highest BCUT2D eigenvalue weighted by molar-refractivity contribution is 5.62. The highest BCUT2D eigenvalue weighted by atomic mass is 14.6. The number of rotatable bonds is 3. The molecular weight excluding hydrogens is 160 g/mol. The second-order valence-electron chi connectivity index (χ2n) is 3.36. The van der Waals surface area contributed by atoms with Crippen LogP contribution in [-0.2, 0) is 0 Å². The summed E-state index contributed by atoms with van der Waals surface area (Å²) in [4.78, 5) is 0. The summed E-state index contributed by atoms with van der Waals surface area (Å²) in [5.41, 5.74) is 14.6. The van der Waals surface area contributed by atoms with Gasteiger partial charge in [0.25, 0.3) is 0 Å². The van der Waals surface area contributed by atoms with Gasteiger partial charge in [-0.1, -0.05) is 19.9 Å². The normalized spacial score (nSPS) is 10.7. The van der Waals surface area contributed by atoms with Gasteiger partial charge >= 0.3 is 0 Å². The van der Waals surface area contributed by atoms with E-state index in [9.17, 15) is 0 Å². The number of benzene rings is 1. The van der Waals surface area contributed by atoms with E-state index >= 15 is 0 Å². The van der Waals surface area contributed by atoms with Crippen molar-refractivity contribution in [1.29, 1.82) is 0 Å². The van der Waals surface area contributed by atoms with Crippen LogP contribution in [0.25, 0.3) is 0 Å². The molecule has 0 radical (unpaired) electrons. The van der Waals surface area contributed by atoms with Crippen LogP contribution in [0.2, 0.25) is 0 Å². The third-order valence-corrected chi connectivity index (χ3v) is 2.57. The Kier molecular flexibility index (Phi) is 3.18. The fourth-order valence-electron chi connectivity index (χ4n) is 1.77. The van der Waals surface area contributed by atoms with Crippen LogP contribution >= 0.6 is 0 Å². The molecule has 13 heavy (non-hydrogen) atoms. The molecule has 0 bridgehead atoms. The van der Waals surface area contributed by atoms with Crippen molar-refractivity contribution in [2.45, 2.75) is 32.6 Å². The first kappa shape index (κ1) is 9.90. The molecule has 4 N–H and O–H groups in total. The van der Waals surface area contributed by atoms with E-state index in [1.807, 2.05) is 18.2 Å². The van der Waals surface area contributed by atoms with Gasteiger partial charge in [0.1, 0.15) is 0 Å². The largest absolute Gasteiger partial charge is 0.398 e. The number of hydrogen-bond donors (Lipinski definition) is 2. The molecule has 0 aliphatic carbocycles. The smallest absolute Gasteiger partial charge is 0.0370 e. The first-order chi connectivity index (χ1) is 6.20. The average molecular weight is 178 g/mol. The molecule has 0 aliphatic heterocycles. The molecule has 72 valence electrons. The van der Waals surface area contributed by atoms with Crippen molar-refractivity contribution in [3.63, 3.8) is 0 Å². The van der Waals surface area contributed by atoms with Crippen LogP contribution in [0.1, 0.15) is 38.2 Å². The summed E-state index contributed by atoms with van der Waals surface area (Å²) in [6.07, 6.45) is 2.18. The van der Waals surface area contributed by atoms with E-state index in [1.165, 1.54) is 0 Å². The van der Waals surface area contributed by atoms with Gasteiger partial charge in [0.2, 0.25) is 0 Å². The molecule has 1 aromatic rings. The van der Waals surface area contributed by atoms with E-state index in [0.29, 0.717) is 5.92 Å². The summed E-state index contributed by atoms with van der Waals surface area (Å²) < 4.78 is 0. The van der Waals surface area contributed by atoms with Crippen molar-refractivity contribution in [1.82, 2.24) is 0 Å². The second kappa shape index (κ2) is 4.17. The Morgan fingerprint density at radius 1 is 1.08 bits per heavy atom. The predicted molar refractivity (Wildman–Crippen MR) is 58.6 cm³/mol. The van der Waals surface area contributed by atoms with Crippen molar-refractivity contribution >= 4 is 11.4 Å². The third-order valence-electron chi connectivity index (χ3n) is 2.57. The zero-order valence-electron chi connectivity index (χ0n) is 8.38. The van der Waals surface area contributed by atoms with Crippen molar-refractivity contribution in [3.05, 3.63) is 23.8 Å². The zero-order valence-corrected chi connectivity index (χ0v) is 8.38. The van der Waals surface area contributed by atoms with Crippen LogP contribution in [0.4, 0.5) is 11.4 Å². The minimum absolute atomic E-state index is 0.501. The van der Waals surface area contributed by atoms with E-state index in [2.05, 4.69) is 13.8 Å². The van der Waals surface area contributed by atoms with Crippen LogP contribution in [0.15, 0.2) is 18.2 Å². The number of nitrogen functional groups attached to an aromatic ring is 2. The van der Waals surface area contributed by atoms with Gasteiger partial charge in [0, 0.05) is 16.9 Å². The Morgan fingerprint density at radius 3 is 1.92 bits per heavy atom. The Labute approximate surface area is 79.9 Å². The summed E-state index contributed by atoms with van der Waals surface area (Å²) in [6, 6.07) is 5.74. The topological polar surface area (TPSA) is 52.0 Å². The minimum Gasteiger partial charge on any atom is -0.398 e. The van der Waals surface area contributed by atoms with Crippen LogP contribution < -0.4 is 11.5 Å². The summed E-state index contributed by atoms with van der Waals surface area (Å²) in [6.45, 7) is 4.33. The van der Waals surface area contributed by atoms with Gasteiger partial charge < -0.3 is 11.5 Å².